The normalized spacial score (nSPS) is 12.1. The number of rotatable bonds is 3. The second-order valence-corrected chi connectivity index (χ2v) is 7.36. The van der Waals surface area contributed by atoms with Crippen molar-refractivity contribution in [2.24, 2.45) is 4.99 Å². The molecule has 0 spiro atoms. The van der Waals surface area contributed by atoms with E-state index in [0.717, 1.165) is 15.1 Å². The fourth-order valence-electron chi connectivity index (χ4n) is 2.51. The molecule has 0 radical (unpaired) electrons. The molecule has 0 saturated carbocycles. The Balaban J connectivity index is 2.08. The first kappa shape index (κ1) is 16.4. The second kappa shape index (κ2) is 7.00. The summed E-state index contributed by atoms with van der Waals surface area (Å²) >= 11 is 3.08. The number of hydrogen-bond acceptors (Lipinski definition) is 3. The van der Waals surface area contributed by atoms with Crippen molar-refractivity contribution in [2.75, 3.05) is 0 Å². The molecule has 0 N–H and O–H groups in total. The Hall–Kier alpha value is -2.42. The van der Waals surface area contributed by atoms with Crippen LogP contribution < -0.4 is 4.80 Å². The van der Waals surface area contributed by atoms with Crippen molar-refractivity contribution in [3.05, 3.63) is 56.5 Å². The number of fused-ring (bicyclic) bond motifs is 1. The number of benzene rings is 1. The van der Waals surface area contributed by atoms with Crippen LogP contribution in [0.4, 0.5) is 0 Å². The van der Waals surface area contributed by atoms with E-state index >= 15 is 0 Å². The Morgan fingerprint density at radius 3 is 2.96 bits per heavy atom. The number of hydrogen-bond donors (Lipinski definition) is 0. The predicted molar refractivity (Wildman–Crippen MR) is 102 cm³/mol. The highest BCUT2D eigenvalue weighted by Crippen LogP contribution is 2.23. The molecule has 0 aliphatic rings. The van der Waals surface area contributed by atoms with Crippen LogP contribution >= 0.6 is 22.7 Å². The van der Waals surface area contributed by atoms with Gasteiger partial charge in [-0.25, -0.2) is 0 Å². The van der Waals surface area contributed by atoms with Crippen molar-refractivity contribution in [1.82, 2.24) is 4.57 Å². The van der Waals surface area contributed by atoms with E-state index in [1.807, 2.05) is 22.1 Å². The SMILES string of the molecule is C#CCn1c(=NC(=O)C=Cc2cccs2)sc2c(C)cc(C)cc21. The van der Waals surface area contributed by atoms with Crippen molar-refractivity contribution in [3.8, 4) is 12.3 Å². The number of aromatic nitrogens is 1. The van der Waals surface area contributed by atoms with Crippen molar-refractivity contribution in [1.29, 1.82) is 0 Å². The van der Waals surface area contributed by atoms with Crippen molar-refractivity contribution in [2.45, 2.75) is 20.4 Å². The van der Waals surface area contributed by atoms with Crippen LogP contribution in [-0.2, 0) is 11.3 Å². The highest BCUT2D eigenvalue weighted by Gasteiger charge is 2.09. The zero-order valence-corrected chi connectivity index (χ0v) is 15.1. The van der Waals surface area contributed by atoms with Crippen LogP contribution in [0.3, 0.4) is 0 Å². The molecule has 2 heterocycles. The van der Waals surface area contributed by atoms with E-state index in [4.69, 9.17) is 6.42 Å². The molecule has 0 fully saturated rings. The van der Waals surface area contributed by atoms with E-state index in [9.17, 15) is 4.79 Å². The van der Waals surface area contributed by atoms with Crippen molar-refractivity contribution >= 4 is 44.9 Å². The second-order valence-electron chi connectivity index (χ2n) is 5.40. The first-order valence-corrected chi connectivity index (χ1v) is 9.12. The van der Waals surface area contributed by atoms with Gasteiger partial charge in [-0.05, 0) is 48.6 Å². The lowest BCUT2D eigenvalue weighted by Crippen LogP contribution is -2.15. The third kappa shape index (κ3) is 3.40. The van der Waals surface area contributed by atoms with Gasteiger partial charge in [0.05, 0.1) is 16.8 Å². The lowest BCUT2D eigenvalue weighted by atomic mass is 10.1. The minimum atomic E-state index is -0.282. The molecule has 3 aromatic rings. The van der Waals surface area contributed by atoms with Crippen LogP contribution in [0.15, 0.2) is 40.7 Å². The number of thiazole rings is 1. The van der Waals surface area contributed by atoms with Gasteiger partial charge in [0.15, 0.2) is 4.80 Å². The summed E-state index contributed by atoms with van der Waals surface area (Å²) in [6, 6.07) is 8.12. The predicted octanol–water partition coefficient (Wildman–Crippen LogP) is 4.16. The summed E-state index contributed by atoms with van der Waals surface area (Å²) in [7, 11) is 0. The average Bonchev–Trinajstić information content (AvgIpc) is 3.15. The Labute approximate surface area is 148 Å². The molecule has 2 aromatic heterocycles. The standard InChI is InChI=1S/C19H16N2OS2/c1-4-9-21-16-12-13(2)11-14(3)18(16)24-19(21)20-17(22)8-7-15-6-5-10-23-15/h1,5-8,10-12H,9H2,2-3H3. The summed E-state index contributed by atoms with van der Waals surface area (Å²) < 4.78 is 3.04. The van der Waals surface area contributed by atoms with E-state index < -0.39 is 0 Å². The Morgan fingerprint density at radius 2 is 2.25 bits per heavy atom. The first-order valence-electron chi connectivity index (χ1n) is 7.43. The summed E-state index contributed by atoms with van der Waals surface area (Å²) in [4.78, 5) is 18.1. The Bertz CT molecular complexity index is 1030. The maximum absolute atomic E-state index is 12.2. The largest absolute Gasteiger partial charge is 0.305 e. The van der Waals surface area contributed by atoms with Crippen LogP contribution in [0, 0.1) is 26.2 Å². The smallest absolute Gasteiger partial charge is 0.272 e. The van der Waals surface area contributed by atoms with Gasteiger partial charge in [-0.2, -0.15) is 4.99 Å². The molecule has 5 heteroatoms. The van der Waals surface area contributed by atoms with Crippen LogP contribution in [0.2, 0.25) is 0 Å². The van der Waals surface area contributed by atoms with Crippen LogP contribution in [0.1, 0.15) is 16.0 Å². The summed E-state index contributed by atoms with van der Waals surface area (Å²) in [5.41, 5.74) is 3.37. The van der Waals surface area contributed by atoms with Gasteiger partial charge in [0.2, 0.25) is 0 Å². The summed E-state index contributed by atoms with van der Waals surface area (Å²) in [6.45, 7) is 4.51. The molecule has 1 amide bonds. The Morgan fingerprint density at radius 1 is 1.42 bits per heavy atom. The number of aryl methyl sites for hydroxylation is 2. The first-order chi connectivity index (χ1) is 11.6. The molecular weight excluding hydrogens is 336 g/mol. The van der Waals surface area contributed by atoms with E-state index in [1.54, 1.807) is 17.4 Å². The average molecular weight is 352 g/mol. The van der Waals surface area contributed by atoms with Crippen LogP contribution in [0.25, 0.3) is 16.3 Å². The van der Waals surface area contributed by atoms with Crippen LogP contribution in [-0.4, -0.2) is 10.5 Å². The molecule has 1 aromatic carbocycles. The van der Waals surface area contributed by atoms with Crippen LogP contribution in [0.5, 0.6) is 0 Å². The topological polar surface area (TPSA) is 34.4 Å². The number of carbonyl (C=O) groups is 1. The number of carbonyl (C=O) groups excluding carboxylic acids is 1. The molecule has 0 bridgehead atoms. The number of nitrogens with zero attached hydrogens (tertiary/aromatic N) is 2. The molecule has 24 heavy (non-hydrogen) atoms. The molecular formula is C19H16N2OS2. The zero-order chi connectivity index (χ0) is 17.1. The molecule has 120 valence electrons. The molecule has 0 aliphatic heterocycles. The minimum absolute atomic E-state index is 0.282. The summed E-state index contributed by atoms with van der Waals surface area (Å²) in [5.74, 6) is 2.37. The quantitative estimate of drug-likeness (QED) is 0.515. The van der Waals surface area contributed by atoms with Gasteiger partial charge in [-0.3, -0.25) is 4.79 Å². The fourth-order valence-corrected chi connectivity index (χ4v) is 4.22. The molecule has 3 nitrogen and oxygen atoms in total. The number of thiophene rings is 1. The molecule has 3 rings (SSSR count). The van der Waals surface area contributed by atoms with Gasteiger partial charge in [0.25, 0.3) is 5.91 Å². The van der Waals surface area contributed by atoms with Gasteiger partial charge in [-0.15, -0.1) is 17.8 Å². The highest BCUT2D eigenvalue weighted by molar-refractivity contribution is 7.16. The van der Waals surface area contributed by atoms with Crippen molar-refractivity contribution < 1.29 is 4.79 Å². The lowest BCUT2D eigenvalue weighted by Gasteiger charge is -2.02. The van der Waals surface area contributed by atoms with E-state index in [1.165, 1.54) is 28.5 Å². The fraction of sp³-hybridized carbons (Fsp3) is 0.158. The molecule has 0 aliphatic carbocycles. The molecule has 0 saturated heterocycles. The summed E-state index contributed by atoms with van der Waals surface area (Å²) in [6.07, 6.45) is 8.78. The summed E-state index contributed by atoms with van der Waals surface area (Å²) in [5, 5.41) is 1.97. The monoisotopic (exact) mass is 352 g/mol. The van der Waals surface area contributed by atoms with Gasteiger partial charge < -0.3 is 4.57 Å². The molecule has 0 atom stereocenters. The third-order valence-electron chi connectivity index (χ3n) is 3.50. The lowest BCUT2D eigenvalue weighted by molar-refractivity contribution is -0.113. The minimum Gasteiger partial charge on any atom is -0.305 e. The highest BCUT2D eigenvalue weighted by atomic mass is 32.1. The Kier molecular flexibility index (Phi) is 4.79. The number of terminal acetylenes is 1. The van der Waals surface area contributed by atoms with Gasteiger partial charge in [-0.1, -0.05) is 29.4 Å². The van der Waals surface area contributed by atoms with Gasteiger partial charge >= 0.3 is 0 Å². The van der Waals surface area contributed by atoms with Crippen molar-refractivity contribution in [3.63, 3.8) is 0 Å². The van der Waals surface area contributed by atoms with E-state index in [-0.39, 0.29) is 5.91 Å². The maximum atomic E-state index is 12.2. The third-order valence-corrected chi connectivity index (χ3v) is 5.57. The van der Waals surface area contributed by atoms with Gasteiger partial charge in [0.1, 0.15) is 0 Å². The zero-order valence-electron chi connectivity index (χ0n) is 13.4. The van der Waals surface area contributed by atoms with E-state index in [2.05, 4.69) is 36.9 Å². The number of amides is 1. The van der Waals surface area contributed by atoms with Gasteiger partial charge in [0, 0.05) is 11.0 Å². The maximum Gasteiger partial charge on any atom is 0.272 e. The van der Waals surface area contributed by atoms with E-state index in [0.29, 0.717) is 11.3 Å². The molecule has 0 unspecified atom stereocenters.